The van der Waals surface area contributed by atoms with E-state index in [-0.39, 0.29) is 18.2 Å². The summed E-state index contributed by atoms with van der Waals surface area (Å²) >= 11 is 0. The molecule has 3 N–H and O–H groups in total. The van der Waals surface area contributed by atoms with Gasteiger partial charge in [-0.3, -0.25) is 0 Å². The molecule has 1 aliphatic heterocycles. The normalized spacial score (nSPS) is 37.7. The second kappa shape index (κ2) is 4.90. The molecule has 1 amide bonds. The summed E-state index contributed by atoms with van der Waals surface area (Å²) in [6.07, 6.45) is 4.32. The fraction of sp³-hybridized carbons (Fsp3) is 0.812. The van der Waals surface area contributed by atoms with Gasteiger partial charge in [0.05, 0.1) is 6.04 Å². The lowest BCUT2D eigenvalue weighted by molar-refractivity contribution is 0.0486. The Bertz CT molecular complexity index is 469. The molecule has 2 fully saturated rings. The molecule has 0 bridgehead atoms. The molecule has 1 spiro atoms. The Labute approximate surface area is 126 Å². The highest BCUT2D eigenvalue weighted by atomic mass is 16.6. The first kappa shape index (κ1) is 14.7. The Morgan fingerprint density at radius 2 is 2.14 bits per heavy atom. The number of nitrogens with one attached hydrogen (secondary N) is 3. The number of alkyl carbamates (subject to hydrolysis) is 1. The fourth-order valence-electron chi connectivity index (χ4n) is 3.26. The second-order valence-electron chi connectivity index (χ2n) is 7.70. The summed E-state index contributed by atoms with van der Waals surface area (Å²) in [7, 11) is 0. The molecule has 0 aromatic carbocycles. The number of carbonyl (C=O) groups excluding carboxylic acids is 1. The minimum atomic E-state index is -0.457. The summed E-state index contributed by atoms with van der Waals surface area (Å²) in [6.45, 7) is 9.72. The average molecular weight is 293 g/mol. The van der Waals surface area contributed by atoms with Crippen molar-refractivity contribution in [2.75, 3.05) is 13.1 Å². The maximum Gasteiger partial charge on any atom is 0.407 e. The van der Waals surface area contributed by atoms with Gasteiger partial charge in [-0.1, -0.05) is 13.0 Å². The standard InChI is InChI=1S/C16H27N3O2/c1-10-7-16(10)8-13(16)18-11-5-6-17-9-12(11)19-14(20)21-15(2,3)4/h8,10-12,17-18H,5-7,9H2,1-4H3,(H,19,20)/t10?,11-,12+,16?/m0/s1. The lowest BCUT2D eigenvalue weighted by Gasteiger charge is -2.34. The summed E-state index contributed by atoms with van der Waals surface area (Å²) in [5, 5.41) is 9.99. The van der Waals surface area contributed by atoms with Gasteiger partial charge in [-0.25, -0.2) is 4.79 Å². The van der Waals surface area contributed by atoms with E-state index >= 15 is 0 Å². The molecule has 0 aromatic rings. The van der Waals surface area contributed by atoms with Crippen molar-refractivity contribution in [2.45, 2.75) is 58.2 Å². The molecule has 1 saturated carbocycles. The first-order chi connectivity index (χ1) is 9.80. The molecule has 2 aliphatic carbocycles. The molecular weight excluding hydrogens is 266 g/mol. The number of hydrogen-bond acceptors (Lipinski definition) is 4. The van der Waals surface area contributed by atoms with Crippen LogP contribution in [-0.4, -0.2) is 36.9 Å². The van der Waals surface area contributed by atoms with Crippen LogP contribution in [-0.2, 0) is 4.74 Å². The third kappa shape index (κ3) is 3.18. The topological polar surface area (TPSA) is 62.4 Å². The molecule has 1 heterocycles. The number of carbonyl (C=O) groups is 1. The van der Waals surface area contributed by atoms with Crippen molar-refractivity contribution in [1.82, 2.24) is 16.0 Å². The van der Waals surface area contributed by atoms with E-state index < -0.39 is 5.60 Å². The van der Waals surface area contributed by atoms with Crippen LogP contribution in [0.15, 0.2) is 11.8 Å². The number of allylic oxidation sites excluding steroid dienone is 2. The molecule has 3 aliphatic rings. The van der Waals surface area contributed by atoms with Crippen LogP contribution in [0, 0.1) is 11.3 Å². The summed E-state index contributed by atoms with van der Waals surface area (Å²) in [6, 6.07) is 0.360. The molecule has 2 unspecified atom stereocenters. The van der Waals surface area contributed by atoms with Crippen LogP contribution in [0.5, 0.6) is 0 Å². The molecule has 0 aromatic heterocycles. The number of ether oxygens (including phenoxy) is 1. The third-order valence-electron chi connectivity index (χ3n) is 4.71. The summed E-state index contributed by atoms with van der Waals surface area (Å²) < 4.78 is 5.36. The summed E-state index contributed by atoms with van der Waals surface area (Å²) in [4.78, 5) is 12.0. The predicted molar refractivity (Wildman–Crippen MR) is 81.9 cm³/mol. The smallest absolute Gasteiger partial charge is 0.407 e. The maximum atomic E-state index is 12.0. The van der Waals surface area contributed by atoms with Gasteiger partial charge >= 0.3 is 6.09 Å². The van der Waals surface area contributed by atoms with Crippen molar-refractivity contribution in [3.05, 3.63) is 11.8 Å². The van der Waals surface area contributed by atoms with Crippen LogP contribution in [0.4, 0.5) is 4.79 Å². The van der Waals surface area contributed by atoms with Crippen molar-refractivity contribution >= 4 is 6.09 Å². The number of rotatable bonds is 3. The quantitative estimate of drug-likeness (QED) is 0.742. The lowest BCUT2D eigenvalue weighted by Crippen LogP contribution is -2.58. The van der Waals surface area contributed by atoms with E-state index in [0.29, 0.717) is 5.41 Å². The van der Waals surface area contributed by atoms with Crippen molar-refractivity contribution in [3.8, 4) is 0 Å². The second-order valence-corrected chi connectivity index (χ2v) is 7.70. The Morgan fingerprint density at radius 3 is 2.71 bits per heavy atom. The number of amides is 1. The Hall–Kier alpha value is -1.23. The van der Waals surface area contributed by atoms with E-state index in [2.05, 4.69) is 29.0 Å². The summed E-state index contributed by atoms with van der Waals surface area (Å²) in [5.74, 6) is 0.791. The van der Waals surface area contributed by atoms with Gasteiger partial charge in [0.25, 0.3) is 0 Å². The first-order valence-electron chi connectivity index (χ1n) is 8.00. The van der Waals surface area contributed by atoms with Crippen molar-refractivity contribution in [3.63, 3.8) is 0 Å². The van der Waals surface area contributed by atoms with E-state index in [1.807, 2.05) is 20.8 Å². The van der Waals surface area contributed by atoms with E-state index in [4.69, 9.17) is 4.74 Å². The van der Waals surface area contributed by atoms with Crippen molar-refractivity contribution in [2.24, 2.45) is 11.3 Å². The summed E-state index contributed by atoms with van der Waals surface area (Å²) in [5.41, 5.74) is 1.33. The van der Waals surface area contributed by atoms with E-state index in [0.717, 1.165) is 25.4 Å². The molecule has 0 radical (unpaired) electrons. The Morgan fingerprint density at radius 1 is 1.43 bits per heavy atom. The third-order valence-corrected chi connectivity index (χ3v) is 4.71. The van der Waals surface area contributed by atoms with Crippen LogP contribution in [0.2, 0.25) is 0 Å². The highest BCUT2D eigenvalue weighted by molar-refractivity contribution is 5.68. The molecule has 3 rings (SSSR count). The van der Waals surface area contributed by atoms with Gasteiger partial charge in [0.15, 0.2) is 0 Å². The minimum absolute atomic E-state index is 0.0706. The molecule has 4 atom stereocenters. The highest BCUT2D eigenvalue weighted by Crippen LogP contribution is 2.67. The number of piperidine rings is 1. The molecule has 5 heteroatoms. The monoisotopic (exact) mass is 293 g/mol. The van der Waals surface area contributed by atoms with Gasteiger partial charge in [0.2, 0.25) is 0 Å². The van der Waals surface area contributed by atoms with E-state index in [1.54, 1.807) is 0 Å². The SMILES string of the molecule is CC1CC12C=C2N[C@H]1CCNC[C@H]1NC(=O)OC(C)(C)C. The molecular formula is C16H27N3O2. The molecule has 21 heavy (non-hydrogen) atoms. The first-order valence-corrected chi connectivity index (χ1v) is 8.00. The van der Waals surface area contributed by atoms with Crippen LogP contribution in [0.3, 0.4) is 0 Å². The van der Waals surface area contributed by atoms with Crippen molar-refractivity contribution < 1.29 is 9.53 Å². The lowest BCUT2D eigenvalue weighted by atomic mass is 10.0. The Kier molecular flexibility index (Phi) is 3.43. The van der Waals surface area contributed by atoms with E-state index in [9.17, 15) is 4.79 Å². The van der Waals surface area contributed by atoms with Crippen LogP contribution < -0.4 is 16.0 Å². The highest BCUT2D eigenvalue weighted by Gasteiger charge is 2.61. The van der Waals surface area contributed by atoms with Crippen LogP contribution >= 0.6 is 0 Å². The fourth-order valence-corrected chi connectivity index (χ4v) is 3.26. The number of hydrogen-bond donors (Lipinski definition) is 3. The van der Waals surface area contributed by atoms with Gasteiger partial charge < -0.3 is 20.7 Å². The Balaban J connectivity index is 1.52. The van der Waals surface area contributed by atoms with Gasteiger partial charge in [0, 0.05) is 23.7 Å². The molecule has 118 valence electrons. The van der Waals surface area contributed by atoms with Crippen LogP contribution in [0.1, 0.15) is 40.5 Å². The van der Waals surface area contributed by atoms with Crippen molar-refractivity contribution in [1.29, 1.82) is 0 Å². The van der Waals surface area contributed by atoms with Gasteiger partial charge in [-0.2, -0.15) is 0 Å². The zero-order chi connectivity index (χ0) is 15.3. The average Bonchev–Trinajstić information content (AvgIpc) is 3.20. The van der Waals surface area contributed by atoms with Crippen LogP contribution in [0.25, 0.3) is 0 Å². The maximum absolute atomic E-state index is 12.0. The van der Waals surface area contributed by atoms with Gasteiger partial charge in [-0.15, -0.1) is 0 Å². The zero-order valence-electron chi connectivity index (χ0n) is 13.5. The van der Waals surface area contributed by atoms with E-state index in [1.165, 1.54) is 12.1 Å². The van der Waals surface area contributed by atoms with Gasteiger partial charge in [0.1, 0.15) is 5.60 Å². The van der Waals surface area contributed by atoms with Gasteiger partial charge in [-0.05, 0) is 46.1 Å². The minimum Gasteiger partial charge on any atom is -0.444 e. The molecule has 1 saturated heterocycles. The zero-order valence-corrected chi connectivity index (χ0v) is 13.5. The molecule has 5 nitrogen and oxygen atoms in total. The largest absolute Gasteiger partial charge is 0.444 e. The predicted octanol–water partition coefficient (Wildman–Crippen LogP) is 1.75.